The molecule has 122 valence electrons. The zero-order valence-corrected chi connectivity index (χ0v) is 13.6. The molecular weight excluding hydrogens is 296 g/mol. The highest BCUT2D eigenvalue weighted by Crippen LogP contribution is 2.24. The highest BCUT2D eigenvalue weighted by Gasteiger charge is 2.41. The van der Waals surface area contributed by atoms with Crippen LogP contribution in [0.3, 0.4) is 0 Å². The molecule has 0 spiro atoms. The van der Waals surface area contributed by atoms with Gasteiger partial charge in [0.05, 0.1) is 5.75 Å². The molecule has 1 amide bonds. The minimum absolute atomic E-state index is 0.0105. The number of aliphatic carboxylic acids is 1. The minimum Gasteiger partial charge on any atom is -0.480 e. The van der Waals surface area contributed by atoms with Crippen molar-refractivity contribution >= 4 is 21.9 Å². The molecule has 7 nitrogen and oxygen atoms in total. The molecule has 1 fully saturated rings. The van der Waals surface area contributed by atoms with Crippen LogP contribution in [0, 0.1) is 0 Å². The predicted octanol–water partition coefficient (Wildman–Crippen LogP) is 0.512. The van der Waals surface area contributed by atoms with E-state index in [1.165, 1.54) is 11.4 Å². The molecule has 0 radical (unpaired) electrons. The Balaban J connectivity index is 2.93. The number of amides is 1. The van der Waals surface area contributed by atoms with E-state index in [1.54, 1.807) is 13.8 Å². The largest absolute Gasteiger partial charge is 0.480 e. The third-order valence-electron chi connectivity index (χ3n) is 3.80. The maximum Gasteiger partial charge on any atom is 0.326 e. The van der Waals surface area contributed by atoms with Crippen molar-refractivity contribution in [1.82, 2.24) is 9.21 Å². The van der Waals surface area contributed by atoms with Gasteiger partial charge in [0.2, 0.25) is 15.9 Å². The molecule has 1 saturated heterocycles. The van der Waals surface area contributed by atoms with Gasteiger partial charge in [-0.3, -0.25) is 4.79 Å². The highest BCUT2D eigenvalue weighted by atomic mass is 32.2. The summed E-state index contributed by atoms with van der Waals surface area (Å²) in [5.74, 6) is -1.49. The van der Waals surface area contributed by atoms with Crippen LogP contribution in [-0.4, -0.2) is 66.0 Å². The Labute approximate surface area is 126 Å². The first kappa shape index (κ1) is 17.9. The fourth-order valence-electron chi connectivity index (χ4n) is 2.70. The quantitative estimate of drug-likeness (QED) is 0.737. The van der Waals surface area contributed by atoms with Gasteiger partial charge in [-0.1, -0.05) is 13.8 Å². The van der Waals surface area contributed by atoms with Gasteiger partial charge in [-0.25, -0.2) is 13.2 Å². The smallest absolute Gasteiger partial charge is 0.326 e. The van der Waals surface area contributed by atoms with E-state index in [1.807, 2.05) is 0 Å². The van der Waals surface area contributed by atoms with Crippen LogP contribution in [0.5, 0.6) is 0 Å². The summed E-state index contributed by atoms with van der Waals surface area (Å²) in [6.45, 7) is 3.79. The Morgan fingerprint density at radius 1 is 1.38 bits per heavy atom. The number of sulfonamides is 1. The third-order valence-corrected chi connectivity index (χ3v) is 5.87. The van der Waals surface area contributed by atoms with Crippen LogP contribution in [0.15, 0.2) is 0 Å². The van der Waals surface area contributed by atoms with Gasteiger partial charge >= 0.3 is 5.97 Å². The Bertz CT molecular complexity index is 491. The fraction of sp³-hybridized carbons (Fsp3) is 0.846. The van der Waals surface area contributed by atoms with Crippen molar-refractivity contribution in [2.24, 2.45) is 0 Å². The molecule has 0 bridgehead atoms. The summed E-state index contributed by atoms with van der Waals surface area (Å²) in [7, 11) is -2.03. The Kier molecular flexibility index (Phi) is 6.15. The van der Waals surface area contributed by atoms with Gasteiger partial charge in [0.25, 0.3) is 0 Å². The number of carboxylic acids is 1. The lowest BCUT2D eigenvalue weighted by Crippen LogP contribution is -2.51. The molecule has 1 heterocycles. The number of hydrogen-bond donors (Lipinski definition) is 1. The predicted molar refractivity (Wildman–Crippen MR) is 78.3 cm³/mol. The van der Waals surface area contributed by atoms with Crippen LogP contribution in [0.1, 0.15) is 39.5 Å². The van der Waals surface area contributed by atoms with Crippen LogP contribution in [0.4, 0.5) is 0 Å². The van der Waals surface area contributed by atoms with Crippen molar-refractivity contribution in [2.45, 2.75) is 51.6 Å². The lowest BCUT2D eigenvalue weighted by atomic mass is 10.1. The van der Waals surface area contributed by atoms with Crippen molar-refractivity contribution < 1.29 is 23.1 Å². The van der Waals surface area contributed by atoms with Crippen LogP contribution < -0.4 is 0 Å². The first-order valence-corrected chi connectivity index (χ1v) is 8.86. The summed E-state index contributed by atoms with van der Waals surface area (Å²) in [5.41, 5.74) is 0. The maximum atomic E-state index is 12.5. The topological polar surface area (TPSA) is 95.0 Å². The number of hydrogen-bond acceptors (Lipinski definition) is 4. The zero-order chi connectivity index (χ0) is 16.2. The number of carbonyl (C=O) groups is 2. The van der Waals surface area contributed by atoms with Crippen molar-refractivity contribution in [3.05, 3.63) is 0 Å². The van der Waals surface area contributed by atoms with Crippen LogP contribution in [-0.2, 0) is 19.6 Å². The monoisotopic (exact) mass is 320 g/mol. The normalized spacial score (nSPS) is 21.2. The third kappa shape index (κ3) is 3.94. The summed E-state index contributed by atoms with van der Waals surface area (Å²) < 4.78 is 25.6. The SMILES string of the molecule is CCCS(=O)(=O)N1CCCC1C(=O)N(C)C(CC)C(=O)O. The molecule has 0 aliphatic carbocycles. The lowest BCUT2D eigenvalue weighted by molar-refractivity contribution is -0.150. The molecule has 2 unspecified atom stereocenters. The Hall–Kier alpha value is -1.15. The molecule has 0 saturated carbocycles. The Morgan fingerprint density at radius 3 is 2.48 bits per heavy atom. The first-order chi connectivity index (χ1) is 9.76. The molecule has 8 heteroatoms. The molecule has 1 aliphatic heterocycles. The number of likely N-dealkylation sites (N-methyl/N-ethyl adjacent to an activating group) is 1. The summed E-state index contributed by atoms with van der Waals surface area (Å²) in [4.78, 5) is 24.8. The average Bonchev–Trinajstić information content (AvgIpc) is 2.87. The first-order valence-electron chi connectivity index (χ1n) is 7.25. The summed E-state index contributed by atoms with van der Waals surface area (Å²) in [5, 5.41) is 9.12. The second-order valence-electron chi connectivity index (χ2n) is 5.30. The number of nitrogens with zero attached hydrogens (tertiary/aromatic N) is 2. The summed E-state index contributed by atoms with van der Waals surface area (Å²) >= 11 is 0. The molecule has 1 rings (SSSR count). The molecule has 2 atom stereocenters. The van der Waals surface area contributed by atoms with Crippen molar-refractivity contribution in [3.63, 3.8) is 0 Å². The van der Waals surface area contributed by atoms with Crippen LogP contribution in [0.2, 0.25) is 0 Å². The van der Waals surface area contributed by atoms with Crippen LogP contribution >= 0.6 is 0 Å². The van der Waals surface area contributed by atoms with E-state index in [9.17, 15) is 18.0 Å². The fourth-order valence-corrected chi connectivity index (χ4v) is 4.44. The number of carboxylic acid groups (broad SMARTS) is 1. The maximum absolute atomic E-state index is 12.5. The molecule has 21 heavy (non-hydrogen) atoms. The van der Waals surface area contributed by atoms with E-state index < -0.39 is 34.0 Å². The van der Waals surface area contributed by atoms with Gasteiger partial charge in [-0.15, -0.1) is 0 Å². The van der Waals surface area contributed by atoms with Gasteiger partial charge < -0.3 is 10.0 Å². The van der Waals surface area contributed by atoms with E-state index in [4.69, 9.17) is 5.11 Å². The second-order valence-corrected chi connectivity index (χ2v) is 7.34. The van der Waals surface area contributed by atoms with Gasteiger partial charge in [0.1, 0.15) is 12.1 Å². The molecule has 0 aromatic carbocycles. The van der Waals surface area contributed by atoms with Gasteiger partial charge in [0, 0.05) is 13.6 Å². The highest BCUT2D eigenvalue weighted by molar-refractivity contribution is 7.89. The number of carbonyl (C=O) groups excluding carboxylic acids is 1. The molecule has 0 aromatic rings. The summed E-state index contributed by atoms with van der Waals surface area (Å²) in [6.07, 6.45) is 1.84. The minimum atomic E-state index is -3.45. The lowest BCUT2D eigenvalue weighted by Gasteiger charge is -2.30. The van der Waals surface area contributed by atoms with E-state index in [2.05, 4.69) is 0 Å². The summed E-state index contributed by atoms with van der Waals surface area (Å²) in [6, 6.07) is -1.69. The van der Waals surface area contributed by atoms with E-state index >= 15 is 0 Å². The second kappa shape index (κ2) is 7.22. The van der Waals surface area contributed by atoms with Crippen LogP contribution in [0.25, 0.3) is 0 Å². The van der Waals surface area contributed by atoms with E-state index in [0.717, 1.165) is 4.90 Å². The van der Waals surface area contributed by atoms with E-state index in [-0.39, 0.29) is 12.2 Å². The average molecular weight is 320 g/mol. The molecule has 1 aliphatic rings. The van der Waals surface area contributed by atoms with Crippen molar-refractivity contribution in [2.75, 3.05) is 19.3 Å². The van der Waals surface area contributed by atoms with Crippen molar-refractivity contribution in [3.8, 4) is 0 Å². The van der Waals surface area contributed by atoms with Gasteiger partial charge in [-0.05, 0) is 25.7 Å². The zero-order valence-electron chi connectivity index (χ0n) is 12.8. The number of rotatable bonds is 7. The Morgan fingerprint density at radius 2 is 2.00 bits per heavy atom. The van der Waals surface area contributed by atoms with Gasteiger partial charge in [0.15, 0.2) is 0 Å². The standard InChI is InChI=1S/C13H24N2O5S/c1-4-9-21(19,20)15-8-6-7-11(15)12(16)14(3)10(5-2)13(17)18/h10-11H,4-9H2,1-3H3,(H,17,18). The van der Waals surface area contributed by atoms with Gasteiger partial charge in [-0.2, -0.15) is 4.31 Å². The van der Waals surface area contributed by atoms with Crippen molar-refractivity contribution in [1.29, 1.82) is 0 Å². The molecular formula is C13H24N2O5S. The molecule has 1 N–H and O–H groups in total. The molecule has 0 aromatic heterocycles. The van der Waals surface area contributed by atoms with E-state index in [0.29, 0.717) is 25.8 Å².